The molecule has 1 heterocycles. The first-order valence-corrected chi connectivity index (χ1v) is 6.25. The van der Waals surface area contributed by atoms with E-state index in [0.29, 0.717) is 12.1 Å². The molecule has 1 aliphatic rings. The number of hydrogen-bond acceptors (Lipinski definition) is 5. The SMILES string of the molecule is COC1CC(Nc2ccnc(N(C)C)n2)C1(C)C. The Morgan fingerprint density at radius 2 is 2.17 bits per heavy atom. The summed E-state index contributed by atoms with van der Waals surface area (Å²) >= 11 is 0. The van der Waals surface area contributed by atoms with Crippen LogP contribution in [0.3, 0.4) is 0 Å². The Hall–Kier alpha value is -1.36. The molecule has 1 saturated carbocycles. The van der Waals surface area contributed by atoms with E-state index in [1.54, 1.807) is 13.3 Å². The highest BCUT2D eigenvalue weighted by molar-refractivity contribution is 5.42. The van der Waals surface area contributed by atoms with Crippen molar-refractivity contribution in [3.63, 3.8) is 0 Å². The zero-order valence-corrected chi connectivity index (χ0v) is 11.8. The first kappa shape index (κ1) is 13.1. The predicted molar refractivity (Wildman–Crippen MR) is 73.0 cm³/mol. The zero-order valence-electron chi connectivity index (χ0n) is 11.8. The third-order valence-electron chi connectivity index (χ3n) is 3.83. The van der Waals surface area contributed by atoms with Gasteiger partial charge in [-0.05, 0) is 12.5 Å². The molecule has 0 radical (unpaired) electrons. The van der Waals surface area contributed by atoms with Crippen LogP contribution in [0.1, 0.15) is 20.3 Å². The second kappa shape index (κ2) is 4.72. The lowest BCUT2D eigenvalue weighted by atomic mass is 9.64. The topological polar surface area (TPSA) is 50.3 Å². The van der Waals surface area contributed by atoms with Crippen LogP contribution in [0.4, 0.5) is 11.8 Å². The Morgan fingerprint density at radius 1 is 1.44 bits per heavy atom. The maximum Gasteiger partial charge on any atom is 0.226 e. The summed E-state index contributed by atoms with van der Waals surface area (Å²) in [5, 5.41) is 3.47. The maximum atomic E-state index is 5.45. The minimum Gasteiger partial charge on any atom is -0.381 e. The fraction of sp³-hybridized carbons (Fsp3) is 0.692. The van der Waals surface area contributed by atoms with E-state index in [-0.39, 0.29) is 5.41 Å². The standard InChI is InChI=1S/C13H22N4O/c1-13(2)9(8-10(13)18-5)15-11-6-7-14-12(16-11)17(3)4/h6-7,9-10H,8H2,1-5H3,(H,14,15,16). The monoisotopic (exact) mass is 250 g/mol. The quantitative estimate of drug-likeness (QED) is 0.882. The van der Waals surface area contributed by atoms with Gasteiger partial charge in [0.25, 0.3) is 0 Å². The molecule has 5 nitrogen and oxygen atoms in total. The molecule has 1 N–H and O–H groups in total. The van der Waals surface area contributed by atoms with Crippen molar-refractivity contribution in [3.8, 4) is 0 Å². The molecule has 0 amide bonds. The molecule has 1 fully saturated rings. The molecule has 1 aromatic heterocycles. The van der Waals surface area contributed by atoms with Gasteiger partial charge in [-0.15, -0.1) is 0 Å². The number of hydrogen-bond donors (Lipinski definition) is 1. The average molecular weight is 250 g/mol. The van der Waals surface area contributed by atoms with Crippen LogP contribution in [-0.2, 0) is 4.74 Å². The minimum absolute atomic E-state index is 0.137. The highest BCUT2D eigenvalue weighted by Gasteiger charge is 2.48. The highest BCUT2D eigenvalue weighted by atomic mass is 16.5. The van der Waals surface area contributed by atoms with Gasteiger partial charge in [0.1, 0.15) is 5.82 Å². The van der Waals surface area contributed by atoms with Gasteiger partial charge in [0.2, 0.25) is 5.95 Å². The van der Waals surface area contributed by atoms with E-state index in [9.17, 15) is 0 Å². The van der Waals surface area contributed by atoms with Gasteiger partial charge in [-0.25, -0.2) is 4.98 Å². The molecule has 0 bridgehead atoms. The van der Waals surface area contributed by atoms with Crippen molar-refractivity contribution < 1.29 is 4.74 Å². The Bertz CT molecular complexity index is 419. The summed E-state index contributed by atoms with van der Waals surface area (Å²) < 4.78 is 5.45. The van der Waals surface area contributed by atoms with Gasteiger partial charge in [-0.2, -0.15) is 4.98 Å². The second-order valence-electron chi connectivity index (χ2n) is 5.61. The molecule has 0 aliphatic heterocycles. The van der Waals surface area contributed by atoms with Crippen LogP contribution >= 0.6 is 0 Å². The summed E-state index contributed by atoms with van der Waals surface area (Å²) in [6.07, 6.45) is 3.12. The Morgan fingerprint density at radius 3 is 2.72 bits per heavy atom. The lowest BCUT2D eigenvalue weighted by molar-refractivity contribution is -0.0795. The number of rotatable bonds is 4. The van der Waals surface area contributed by atoms with Crippen molar-refractivity contribution >= 4 is 11.8 Å². The smallest absolute Gasteiger partial charge is 0.226 e. The molecule has 2 atom stereocenters. The first-order chi connectivity index (χ1) is 8.45. The number of aromatic nitrogens is 2. The zero-order chi connectivity index (χ0) is 13.3. The summed E-state index contributed by atoms with van der Waals surface area (Å²) in [6, 6.07) is 2.30. The molecular weight excluding hydrogens is 228 g/mol. The van der Waals surface area contributed by atoms with Crippen LogP contribution in [0.15, 0.2) is 12.3 Å². The Balaban J connectivity index is 2.05. The van der Waals surface area contributed by atoms with Gasteiger partial charge in [-0.1, -0.05) is 13.8 Å². The summed E-state index contributed by atoms with van der Waals surface area (Å²) in [4.78, 5) is 10.6. The van der Waals surface area contributed by atoms with Crippen LogP contribution in [0, 0.1) is 5.41 Å². The van der Waals surface area contributed by atoms with Crippen LogP contribution in [0.25, 0.3) is 0 Å². The third kappa shape index (κ3) is 2.27. The fourth-order valence-corrected chi connectivity index (χ4v) is 2.35. The third-order valence-corrected chi connectivity index (χ3v) is 3.83. The van der Waals surface area contributed by atoms with Crippen LogP contribution in [0.5, 0.6) is 0 Å². The number of ether oxygens (including phenoxy) is 1. The van der Waals surface area contributed by atoms with Crippen LogP contribution in [-0.4, -0.2) is 43.3 Å². The lowest BCUT2D eigenvalue weighted by Gasteiger charge is -2.51. The van der Waals surface area contributed by atoms with Gasteiger partial charge < -0.3 is 15.0 Å². The summed E-state index contributed by atoms with van der Waals surface area (Å²) in [6.45, 7) is 4.44. The summed E-state index contributed by atoms with van der Waals surface area (Å²) in [5.41, 5.74) is 0.137. The maximum absolute atomic E-state index is 5.45. The number of methoxy groups -OCH3 is 1. The van der Waals surface area contributed by atoms with Crippen molar-refractivity contribution in [3.05, 3.63) is 12.3 Å². The van der Waals surface area contributed by atoms with E-state index in [1.807, 2.05) is 25.1 Å². The molecule has 1 aliphatic carbocycles. The largest absolute Gasteiger partial charge is 0.381 e. The Kier molecular flexibility index (Phi) is 3.43. The molecular formula is C13H22N4O. The molecule has 2 rings (SSSR count). The number of nitrogens with one attached hydrogen (secondary N) is 1. The van der Waals surface area contributed by atoms with E-state index in [2.05, 4.69) is 29.1 Å². The summed E-state index contributed by atoms with van der Waals surface area (Å²) in [7, 11) is 5.65. The normalized spacial score (nSPS) is 25.4. The highest BCUT2D eigenvalue weighted by Crippen LogP contribution is 2.43. The molecule has 0 spiro atoms. The van der Waals surface area contributed by atoms with Crippen molar-refractivity contribution in [1.82, 2.24) is 9.97 Å². The molecule has 1 aromatic rings. The average Bonchev–Trinajstić information content (AvgIpc) is 2.34. The second-order valence-corrected chi connectivity index (χ2v) is 5.61. The summed E-state index contributed by atoms with van der Waals surface area (Å²) in [5.74, 6) is 1.60. The van der Waals surface area contributed by atoms with Crippen LogP contribution in [0.2, 0.25) is 0 Å². The van der Waals surface area contributed by atoms with Gasteiger partial charge in [0.15, 0.2) is 0 Å². The van der Waals surface area contributed by atoms with Gasteiger partial charge in [0.05, 0.1) is 6.10 Å². The lowest BCUT2D eigenvalue weighted by Crippen LogP contribution is -2.57. The molecule has 100 valence electrons. The van der Waals surface area contributed by atoms with Crippen LogP contribution < -0.4 is 10.2 Å². The molecule has 2 unspecified atom stereocenters. The fourth-order valence-electron chi connectivity index (χ4n) is 2.35. The van der Waals surface area contributed by atoms with E-state index in [4.69, 9.17) is 4.74 Å². The molecule has 5 heteroatoms. The molecule has 0 saturated heterocycles. The van der Waals surface area contributed by atoms with Gasteiger partial charge in [0, 0.05) is 38.9 Å². The van der Waals surface area contributed by atoms with E-state index in [0.717, 1.165) is 18.2 Å². The first-order valence-electron chi connectivity index (χ1n) is 6.25. The van der Waals surface area contributed by atoms with Crippen molar-refractivity contribution in [2.45, 2.75) is 32.4 Å². The van der Waals surface area contributed by atoms with Crippen molar-refractivity contribution in [2.75, 3.05) is 31.4 Å². The van der Waals surface area contributed by atoms with Crippen molar-refractivity contribution in [1.29, 1.82) is 0 Å². The molecule has 0 aromatic carbocycles. The van der Waals surface area contributed by atoms with Gasteiger partial charge in [-0.3, -0.25) is 0 Å². The van der Waals surface area contributed by atoms with E-state index in [1.165, 1.54) is 0 Å². The van der Waals surface area contributed by atoms with E-state index >= 15 is 0 Å². The Labute approximate surface area is 109 Å². The van der Waals surface area contributed by atoms with Gasteiger partial charge >= 0.3 is 0 Å². The number of nitrogens with zero attached hydrogens (tertiary/aromatic N) is 3. The predicted octanol–water partition coefficient (Wildman–Crippen LogP) is 1.77. The number of anilines is 2. The minimum atomic E-state index is 0.137. The van der Waals surface area contributed by atoms with E-state index < -0.39 is 0 Å². The van der Waals surface area contributed by atoms with Crippen molar-refractivity contribution in [2.24, 2.45) is 5.41 Å². The molecule has 18 heavy (non-hydrogen) atoms.